The van der Waals surface area contributed by atoms with Gasteiger partial charge in [-0.15, -0.1) is 0 Å². The van der Waals surface area contributed by atoms with Gasteiger partial charge in [-0.05, 0) is 37.0 Å². The van der Waals surface area contributed by atoms with E-state index < -0.39 is 18.1 Å². The third-order valence-corrected chi connectivity index (χ3v) is 5.23. The van der Waals surface area contributed by atoms with E-state index in [-0.39, 0.29) is 18.4 Å². The summed E-state index contributed by atoms with van der Waals surface area (Å²) in [6, 6.07) is 17.6. The molecule has 162 valence electrons. The maximum absolute atomic E-state index is 13.0. The molecule has 0 aliphatic carbocycles. The Balaban J connectivity index is 1.67. The zero-order valence-corrected chi connectivity index (χ0v) is 17.7. The van der Waals surface area contributed by atoms with E-state index in [1.165, 1.54) is 6.08 Å². The Morgan fingerprint density at radius 3 is 2.45 bits per heavy atom. The van der Waals surface area contributed by atoms with Crippen LogP contribution in [-0.4, -0.2) is 47.9 Å². The summed E-state index contributed by atoms with van der Waals surface area (Å²) in [6.45, 7) is 2.48. The number of carbonyl (C=O) groups is 3. The fourth-order valence-corrected chi connectivity index (χ4v) is 3.68. The topological polar surface area (TPSA) is 75.7 Å². The van der Waals surface area contributed by atoms with Gasteiger partial charge in [-0.1, -0.05) is 60.7 Å². The molecule has 1 N–H and O–H groups in total. The van der Waals surface area contributed by atoms with Gasteiger partial charge in [0, 0.05) is 19.0 Å². The smallest absolute Gasteiger partial charge is 0.328 e. The van der Waals surface area contributed by atoms with Crippen molar-refractivity contribution in [1.82, 2.24) is 10.2 Å². The molecule has 6 heteroatoms. The summed E-state index contributed by atoms with van der Waals surface area (Å²) in [5.74, 6) is -1.01. The first kappa shape index (κ1) is 22.3. The van der Waals surface area contributed by atoms with E-state index in [0.29, 0.717) is 19.4 Å². The molecular weight excluding hydrogens is 392 g/mol. The summed E-state index contributed by atoms with van der Waals surface area (Å²) >= 11 is 0. The second-order valence-corrected chi connectivity index (χ2v) is 7.44. The Labute approximate surface area is 182 Å². The van der Waals surface area contributed by atoms with Crippen LogP contribution in [0, 0.1) is 0 Å². The second-order valence-electron chi connectivity index (χ2n) is 7.44. The van der Waals surface area contributed by atoms with Crippen molar-refractivity contribution >= 4 is 23.9 Å². The number of benzene rings is 2. The number of carbonyl (C=O) groups excluding carboxylic acids is 3. The summed E-state index contributed by atoms with van der Waals surface area (Å²) in [5.41, 5.74) is 1.84. The SMILES string of the molecule is CCOC(=O)[C@H](Cc1ccccc1)NC(=O)[C@@H]1CCCN1C(=O)/C=C/c1ccccc1. The molecule has 31 heavy (non-hydrogen) atoms. The van der Waals surface area contributed by atoms with Gasteiger partial charge in [0.2, 0.25) is 11.8 Å². The fraction of sp³-hybridized carbons (Fsp3) is 0.320. The van der Waals surface area contributed by atoms with E-state index in [4.69, 9.17) is 4.74 Å². The largest absolute Gasteiger partial charge is 0.464 e. The van der Waals surface area contributed by atoms with E-state index >= 15 is 0 Å². The van der Waals surface area contributed by atoms with E-state index in [2.05, 4.69) is 5.32 Å². The molecule has 3 rings (SSSR count). The molecule has 0 bridgehead atoms. The Hall–Kier alpha value is -3.41. The van der Waals surface area contributed by atoms with Crippen LogP contribution >= 0.6 is 0 Å². The normalized spacial score (nSPS) is 16.8. The summed E-state index contributed by atoms with van der Waals surface area (Å²) in [5, 5.41) is 2.82. The van der Waals surface area contributed by atoms with Crippen molar-refractivity contribution in [3.05, 3.63) is 77.9 Å². The number of rotatable bonds is 8. The second kappa shape index (κ2) is 11.1. The molecule has 0 spiro atoms. The van der Waals surface area contributed by atoms with Crippen LogP contribution in [0.1, 0.15) is 30.9 Å². The van der Waals surface area contributed by atoms with Crippen LogP contribution in [0.5, 0.6) is 0 Å². The van der Waals surface area contributed by atoms with Crippen LogP contribution < -0.4 is 5.32 Å². The standard InChI is InChI=1S/C25H28N2O4/c1-2-31-25(30)21(18-20-12-7-4-8-13-20)26-24(29)22-14-9-17-27(22)23(28)16-15-19-10-5-3-6-11-19/h3-8,10-13,15-16,21-22H,2,9,14,17-18H2,1H3,(H,26,29)/b16-15+/t21-,22-/m0/s1. The molecule has 0 radical (unpaired) electrons. The number of amides is 2. The average molecular weight is 421 g/mol. The van der Waals surface area contributed by atoms with Gasteiger partial charge in [-0.3, -0.25) is 9.59 Å². The van der Waals surface area contributed by atoms with Gasteiger partial charge in [-0.2, -0.15) is 0 Å². The minimum absolute atomic E-state index is 0.211. The van der Waals surface area contributed by atoms with Gasteiger partial charge >= 0.3 is 5.97 Å². The number of nitrogens with zero attached hydrogens (tertiary/aromatic N) is 1. The molecule has 0 aromatic heterocycles. The highest BCUT2D eigenvalue weighted by Crippen LogP contribution is 2.19. The Kier molecular flexibility index (Phi) is 7.98. The van der Waals surface area contributed by atoms with Crippen LogP contribution in [0.25, 0.3) is 6.08 Å². The molecule has 1 aliphatic rings. The molecule has 1 saturated heterocycles. The first-order chi connectivity index (χ1) is 15.1. The summed E-state index contributed by atoms with van der Waals surface area (Å²) < 4.78 is 5.16. The van der Waals surface area contributed by atoms with Crippen molar-refractivity contribution in [3.63, 3.8) is 0 Å². The predicted octanol–water partition coefficient (Wildman–Crippen LogP) is 2.98. The van der Waals surface area contributed by atoms with Gasteiger partial charge in [0.05, 0.1) is 6.61 Å². The maximum Gasteiger partial charge on any atom is 0.328 e. The first-order valence-corrected chi connectivity index (χ1v) is 10.6. The number of nitrogens with one attached hydrogen (secondary N) is 1. The highest BCUT2D eigenvalue weighted by atomic mass is 16.5. The lowest BCUT2D eigenvalue weighted by molar-refractivity contribution is -0.148. The molecular formula is C25H28N2O4. The molecule has 2 atom stereocenters. The Morgan fingerprint density at radius 2 is 1.77 bits per heavy atom. The summed E-state index contributed by atoms with van der Waals surface area (Å²) in [4.78, 5) is 39.7. The molecule has 6 nitrogen and oxygen atoms in total. The maximum atomic E-state index is 13.0. The number of esters is 1. The van der Waals surface area contributed by atoms with Crippen LogP contribution in [0.4, 0.5) is 0 Å². The van der Waals surface area contributed by atoms with Crippen molar-refractivity contribution in [1.29, 1.82) is 0 Å². The fourth-order valence-electron chi connectivity index (χ4n) is 3.68. The van der Waals surface area contributed by atoms with E-state index in [0.717, 1.165) is 17.5 Å². The monoisotopic (exact) mass is 420 g/mol. The van der Waals surface area contributed by atoms with E-state index in [1.54, 1.807) is 17.9 Å². The quantitative estimate of drug-likeness (QED) is 0.526. The van der Waals surface area contributed by atoms with Crippen LogP contribution in [0.3, 0.4) is 0 Å². The van der Waals surface area contributed by atoms with Crippen LogP contribution in [-0.2, 0) is 25.5 Å². The van der Waals surface area contributed by atoms with Crippen LogP contribution in [0.15, 0.2) is 66.7 Å². The highest BCUT2D eigenvalue weighted by molar-refractivity contribution is 5.96. The minimum Gasteiger partial charge on any atom is -0.464 e. The van der Waals surface area contributed by atoms with Crippen molar-refractivity contribution in [2.45, 2.75) is 38.3 Å². The van der Waals surface area contributed by atoms with Crippen LogP contribution in [0.2, 0.25) is 0 Å². The number of ether oxygens (including phenoxy) is 1. The lowest BCUT2D eigenvalue weighted by Gasteiger charge is -2.25. The predicted molar refractivity (Wildman–Crippen MR) is 119 cm³/mol. The Morgan fingerprint density at radius 1 is 1.10 bits per heavy atom. The third-order valence-electron chi connectivity index (χ3n) is 5.23. The average Bonchev–Trinajstić information content (AvgIpc) is 3.29. The molecule has 0 saturated carbocycles. The zero-order valence-electron chi connectivity index (χ0n) is 17.7. The van der Waals surface area contributed by atoms with Crippen molar-refractivity contribution in [2.24, 2.45) is 0 Å². The lowest BCUT2D eigenvalue weighted by Crippen LogP contribution is -2.51. The van der Waals surface area contributed by atoms with Gasteiger partial charge < -0.3 is 15.0 Å². The van der Waals surface area contributed by atoms with Crippen molar-refractivity contribution in [2.75, 3.05) is 13.2 Å². The minimum atomic E-state index is -0.799. The number of hydrogen-bond acceptors (Lipinski definition) is 4. The summed E-state index contributed by atoms with van der Waals surface area (Å²) in [6.07, 6.45) is 4.88. The Bertz CT molecular complexity index is 912. The van der Waals surface area contributed by atoms with Crippen molar-refractivity contribution < 1.29 is 19.1 Å². The molecule has 1 fully saturated rings. The summed E-state index contributed by atoms with van der Waals surface area (Å²) in [7, 11) is 0. The van der Waals surface area contributed by atoms with Crippen molar-refractivity contribution in [3.8, 4) is 0 Å². The molecule has 0 unspecified atom stereocenters. The molecule has 2 amide bonds. The van der Waals surface area contributed by atoms with Gasteiger partial charge in [0.25, 0.3) is 0 Å². The van der Waals surface area contributed by atoms with E-state index in [9.17, 15) is 14.4 Å². The molecule has 1 aliphatic heterocycles. The van der Waals surface area contributed by atoms with Gasteiger partial charge in [0.1, 0.15) is 12.1 Å². The van der Waals surface area contributed by atoms with Gasteiger partial charge in [0.15, 0.2) is 0 Å². The molecule has 2 aromatic rings. The lowest BCUT2D eigenvalue weighted by atomic mass is 10.1. The zero-order chi connectivity index (χ0) is 22.1. The molecule has 1 heterocycles. The number of hydrogen-bond donors (Lipinski definition) is 1. The molecule has 2 aromatic carbocycles. The van der Waals surface area contributed by atoms with E-state index in [1.807, 2.05) is 60.7 Å². The van der Waals surface area contributed by atoms with Gasteiger partial charge in [-0.25, -0.2) is 4.79 Å². The highest BCUT2D eigenvalue weighted by Gasteiger charge is 2.35. The number of likely N-dealkylation sites (tertiary alicyclic amines) is 1. The first-order valence-electron chi connectivity index (χ1n) is 10.6. The third kappa shape index (κ3) is 6.28.